The van der Waals surface area contributed by atoms with Crippen molar-refractivity contribution in [1.29, 1.82) is 5.26 Å². The Labute approximate surface area is 229 Å². The van der Waals surface area contributed by atoms with Crippen molar-refractivity contribution in [3.8, 4) is 34.2 Å². The summed E-state index contributed by atoms with van der Waals surface area (Å²) in [5.74, 6) is -2.04. The van der Waals surface area contributed by atoms with Gasteiger partial charge in [-0.15, -0.1) is 0 Å². The van der Waals surface area contributed by atoms with Crippen LogP contribution in [0.2, 0.25) is 0 Å². The Morgan fingerprint density at radius 3 is 2.60 bits per heavy atom. The van der Waals surface area contributed by atoms with E-state index in [1.807, 2.05) is 0 Å². The van der Waals surface area contributed by atoms with E-state index in [0.29, 0.717) is 16.7 Å². The first-order chi connectivity index (χ1) is 19.3. The van der Waals surface area contributed by atoms with E-state index in [4.69, 9.17) is 10.2 Å². The fourth-order valence-corrected chi connectivity index (χ4v) is 4.83. The van der Waals surface area contributed by atoms with Crippen molar-refractivity contribution in [1.82, 2.24) is 10.3 Å². The third kappa shape index (κ3) is 5.55. The van der Waals surface area contributed by atoms with Gasteiger partial charge in [0, 0.05) is 34.8 Å². The fourth-order valence-electron chi connectivity index (χ4n) is 4.83. The van der Waals surface area contributed by atoms with E-state index in [0.717, 1.165) is 37.8 Å². The van der Waals surface area contributed by atoms with Crippen LogP contribution in [0.25, 0.3) is 22.4 Å². The smallest absolute Gasteiger partial charge is 0.292 e. The zero-order chi connectivity index (χ0) is 28.2. The predicted molar refractivity (Wildman–Crippen MR) is 146 cm³/mol. The first kappa shape index (κ1) is 26.6. The van der Waals surface area contributed by atoms with Crippen LogP contribution in [0.15, 0.2) is 71.3 Å². The number of amides is 2. The lowest BCUT2D eigenvalue weighted by Crippen LogP contribution is -2.49. The number of carbonyl (C=O) groups excluding carboxylic acids is 2. The summed E-state index contributed by atoms with van der Waals surface area (Å²) in [4.78, 5) is 30.3. The lowest BCUT2D eigenvalue weighted by molar-refractivity contribution is 0.0920. The minimum atomic E-state index is -0.641. The molecule has 0 spiro atoms. The largest absolute Gasteiger partial charge is 0.507 e. The molecule has 4 aromatic rings. The standard InChI is InChI=1S/C30H26FN5O4/c31-19-10-11-20(26(37)14-19)25-15-21(22(16-32)28(34-25)36-30(39)27-9-4-12-40-27)17-5-3-6-18(13-17)29(38)35-24-8-2-1-7-23(24)33/h3-6,9-15,23-24,37H,1-2,7-8,33H2,(H,35,38)(H,34,36,39)/t23?,24-/m0/s1. The van der Waals surface area contributed by atoms with Gasteiger partial charge in [0.1, 0.15) is 23.2 Å². The predicted octanol–water partition coefficient (Wildman–Crippen LogP) is 4.98. The minimum Gasteiger partial charge on any atom is -0.507 e. The van der Waals surface area contributed by atoms with E-state index < -0.39 is 11.7 Å². The topological polar surface area (TPSA) is 154 Å². The number of nitrogens with one attached hydrogen (secondary N) is 2. The maximum absolute atomic E-state index is 13.7. The van der Waals surface area contributed by atoms with Crippen LogP contribution in [0.3, 0.4) is 0 Å². The molecule has 0 saturated heterocycles. The van der Waals surface area contributed by atoms with Crippen LogP contribution in [-0.2, 0) is 0 Å². The summed E-state index contributed by atoms with van der Waals surface area (Å²) >= 11 is 0. The van der Waals surface area contributed by atoms with Gasteiger partial charge >= 0.3 is 0 Å². The Balaban J connectivity index is 1.58. The Morgan fingerprint density at radius 1 is 1.05 bits per heavy atom. The monoisotopic (exact) mass is 539 g/mol. The highest BCUT2D eigenvalue weighted by Gasteiger charge is 2.25. The number of rotatable bonds is 6. The van der Waals surface area contributed by atoms with E-state index in [-0.39, 0.29) is 52.1 Å². The van der Waals surface area contributed by atoms with Gasteiger partial charge in [0.25, 0.3) is 11.8 Å². The number of nitrogens with two attached hydrogens (primary N) is 1. The van der Waals surface area contributed by atoms with Crippen molar-refractivity contribution >= 4 is 17.6 Å². The molecule has 5 rings (SSSR count). The second-order valence-electron chi connectivity index (χ2n) is 9.59. The highest BCUT2D eigenvalue weighted by molar-refractivity contribution is 6.03. The highest BCUT2D eigenvalue weighted by Crippen LogP contribution is 2.36. The average Bonchev–Trinajstić information content (AvgIpc) is 3.49. The van der Waals surface area contributed by atoms with Crippen LogP contribution < -0.4 is 16.4 Å². The third-order valence-corrected chi connectivity index (χ3v) is 6.92. The molecular weight excluding hydrogens is 513 g/mol. The molecule has 1 aliphatic rings. The number of halogens is 1. The number of aromatic nitrogens is 1. The second kappa shape index (κ2) is 11.4. The number of anilines is 1. The number of benzene rings is 2. The van der Waals surface area contributed by atoms with Gasteiger partial charge in [-0.05, 0) is 60.9 Å². The minimum absolute atomic E-state index is 0.00172. The summed E-state index contributed by atoms with van der Waals surface area (Å²) in [6, 6.07) is 16.5. The highest BCUT2D eigenvalue weighted by atomic mass is 19.1. The van der Waals surface area contributed by atoms with Gasteiger partial charge in [-0.25, -0.2) is 9.37 Å². The molecule has 1 saturated carbocycles. The Hall–Kier alpha value is -5.01. The second-order valence-corrected chi connectivity index (χ2v) is 9.59. The number of phenolic OH excluding ortho intramolecular Hbond substituents is 1. The van der Waals surface area contributed by atoms with E-state index in [1.165, 1.54) is 18.4 Å². The zero-order valence-electron chi connectivity index (χ0n) is 21.4. The molecule has 0 radical (unpaired) electrons. The van der Waals surface area contributed by atoms with Gasteiger partial charge < -0.3 is 25.9 Å². The number of phenols is 1. The van der Waals surface area contributed by atoms with E-state index >= 15 is 0 Å². The Kier molecular flexibility index (Phi) is 7.57. The summed E-state index contributed by atoms with van der Waals surface area (Å²) in [6.07, 6.45) is 5.01. The van der Waals surface area contributed by atoms with Crippen LogP contribution in [0.4, 0.5) is 10.2 Å². The number of hydrogen-bond donors (Lipinski definition) is 4. The van der Waals surface area contributed by atoms with Gasteiger partial charge in [-0.2, -0.15) is 5.26 Å². The molecule has 202 valence electrons. The first-order valence-corrected chi connectivity index (χ1v) is 12.8. The molecule has 2 atom stereocenters. The summed E-state index contributed by atoms with van der Waals surface area (Å²) in [5, 5.41) is 26.2. The number of aromatic hydroxyl groups is 1. The number of nitrogens with zero attached hydrogens (tertiary/aromatic N) is 2. The summed E-state index contributed by atoms with van der Waals surface area (Å²) < 4.78 is 18.9. The number of carbonyl (C=O) groups is 2. The normalized spacial score (nSPS) is 16.6. The molecule has 2 amide bonds. The average molecular weight is 540 g/mol. The molecule has 1 fully saturated rings. The van der Waals surface area contributed by atoms with Crippen LogP contribution in [0, 0.1) is 17.1 Å². The van der Waals surface area contributed by atoms with Crippen LogP contribution in [0.1, 0.15) is 52.2 Å². The van der Waals surface area contributed by atoms with Gasteiger partial charge in [-0.1, -0.05) is 25.0 Å². The van der Waals surface area contributed by atoms with Crippen molar-refractivity contribution in [2.24, 2.45) is 5.73 Å². The van der Waals surface area contributed by atoms with Crippen molar-refractivity contribution in [2.75, 3.05) is 5.32 Å². The van der Waals surface area contributed by atoms with Crippen molar-refractivity contribution in [3.05, 3.63) is 89.6 Å². The summed E-state index contributed by atoms with van der Waals surface area (Å²) in [6.45, 7) is 0. The van der Waals surface area contributed by atoms with Crippen molar-refractivity contribution in [3.63, 3.8) is 0 Å². The molecule has 9 nitrogen and oxygen atoms in total. The lowest BCUT2D eigenvalue weighted by atomic mass is 9.90. The van der Waals surface area contributed by atoms with E-state index in [9.17, 15) is 24.3 Å². The molecular formula is C30H26FN5O4. The molecule has 40 heavy (non-hydrogen) atoms. The molecule has 2 heterocycles. The summed E-state index contributed by atoms with van der Waals surface area (Å²) in [5.41, 5.74) is 7.79. The molecule has 0 aliphatic heterocycles. The quantitative estimate of drug-likeness (QED) is 0.269. The molecule has 10 heteroatoms. The van der Waals surface area contributed by atoms with Crippen LogP contribution in [0.5, 0.6) is 5.75 Å². The van der Waals surface area contributed by atoms with Crippen LogP contribution >= 0.6 is 0 Å². The Bertz CT molecular complexity index is 1610. The van der Waals surface area contributed by atoms with Gasteiger partial charge in [0.15, 0.2) is 11.6 Å². The number of furan rings is 1. The molecule has 0 bridgehead atoms. The Morgan fingerprint density at radius 2 is 1.88 bits per heavy atom. The molecule has 1 unspecified atom stereocenters. The first-order valence-electron chi connectivity index (χ1n) is 12.8. The number of pyridine rings is 1. The molecule has 2 aromatic heterocycles. The van der Waals surface area contributed by atoms with Crippen LogP contribution in [-0.4, -0.2) is 34.0 Å². The molecule has 1 aliphatic carbocycles. The zero-order valence-corrected chi connectivity index (χ0v) is 21.4. The summed E-state index contributed by atoms with van der Waals surface area (Å²) in [7, 11) is 0. The maximum Gasteiger partial charge on any atom is 0.292 e. The SMILES string of the molecule is N#Cc1c(-c2cccc(C(=O)N[C@H]3CCCCC3N)c2)cc(-c2ccc(F)cc2O)nc1NC(=O)c1ccco1. The van der Waals surface area contributed by atoms with Gasteiger partial charge in [0.05, 0.1) is 12.0 Å². The van der Waals surface area contributed by atoms with E-state index in [2.05, 4.69) is 21.7 Å². The fraction of sp³-hybridized carbons (Fsp3) is 0.200. The lowest BCUT2D eigenvalue weighted by Gasteiger charge is -2.29. The number of hydrogen-bond acceptors (Lipinski definition) is 7. The van der Waals surface area contributed by atoms with Gasteiger partial charge in [0.2, 0.25) is 0 Å². The molecule has 2 aromatic carbocycles. The number of nitriles is 1. The van der Waals surface area contributed by atoms with E-state index in [1.54, 1.807) is 36.4 Å². The van der Waals surface area contributed by atoms with Crippen molar-refractivity contribution in [2.45, 2.75) is 37.8 Å². The van der Waals surface area contributed by atoms with Gasteiger partial charge in [-0.3, -0.25) is 9.59 Å². The van der Waals surface area contributed by atoms with Crippen molar-refractivity contribution < 1.29 is 23.5 Å². The third-order valence-electron chi connectivity index (χ3n) is 6.92. The molecule has 5 N–H and O–H groups in total. The maximum atomic E-state index is 13.7.